The number of hydrogen-bond donors (Lipinski definition) is 0. The highest BCUT2D eigenvalue weighted by molar-refractivity contribution is 5.86. The first-order valence-electron chi connectivity index (χ1n) is 8.50. The molecule has 0 aliphatic carbocycles. The zero-order valence-electron chi connectivity index (χ0n) is 14.0. The lowest BCUT2D eigenvalue weighted by atomic mass is 10.2. The molecule has 9 heteroatoms. The van der Waals surface area contributed by atoms with Crippen molar-refractivity contribution in [3.8, 4) is 0 Å². The molecule has 3 aromatic rings. The van der Waals surface area contributed by atoms with Crippen LogP contribution >= 0.6 is 0 Å². The van der Waals surface area contributed by atoms with Gasteiger partial charge in [-0.1, -0.05) is 30.3 Å². The molecule has 5 rings (SSSR count). The number of aromatic nitrogens is 4. The first-order valence-corrected chi connectivity index (χ1v) is 8.50. The number of piperazine rings is 1. The highest BCUT2D eigenvalue weighted by Gasteiger charge is 2.24. The second-order valence-electron chi connectivity index (χ2n) is 6.33. The van der Waals surface area contributed by atoms with Crippen LogP contribution in [-0.2, 0) is 6.54 Å². The predicted octanol–water partition coefficient (Wildman–Crippen LogP) is -0.358. The lowest BCUT2D eigenvalue weighted by Gasteiger charge is -2.34. The van der Waals surface area contributed by atoms with Crippen LogP contribution in [0.15, 0.2) is 51.4 Å². The van der Waals surface area contributed by atoms with Crippen molar-refractivity contribution < 1.29 is 0 Å². The standard InChI is InChI=1S/C17H16N8O/c26-15-13-14(21-16-18-11-19-25(15)16)22-17(20-13)24-8-6-23(7-9-24)10-12-4-2-1-3-5-12/h1-5,11H,6-10H2. The largest absolute Gasteiger partial charge is 0.338 e. The highest BCUT2D eigenvalue weighted by atomic mass is 16.1. The molecule has 2 aliphatic heterocycles. The van der Waals surface area contributed by atoms with Crippen LogP contribution in [0, 0.1) is 0 Å². The highest BCUT2D eigenvalue weighted by Crippen LogP contribution is 2.13. The Bertz CT molecular complexity index is 1100. The summed E-state index contributed by atoms with van der Waals surface area (Å²) >= 11 is 0. The van der Waals surface area contributed by atoms with Crippen molar-refractivity contribution in [2.75, 3.05) is 26.2 Å². The number of fused-ring (bicyclic) bond motifs is 2. The molecule has 4 heterocycles. The molecule has 0 unspecified atom stereocenters. The van der Waals surface area contributed by atoms with Crippen molar-refractivity contribution in [1.29, 1.82) is 0 Å². The lowest BCUT2D eigenvalue weighted by molar-refractivity contribution is 0.174. The molecule has 1 fully saturated rings. The Morgan fingerprint density at radius 3 is 2.62 bits per heavy atom. The normalized spacial score (nSPS) is 17.2. The van der Waals surface area contributed by atoms with Gasteiger partial charge in [-0.05, 0) is 5.56 Å². The molecule has 0 N–H and O–H groups in total. The predicted molar refractivity (Wildman–Crippen MR) is 94.2 cm³/mol. The fraction of sp³-hybridized carbons (Fsp3) is 0.294. The summed E-state index contributed by atoms with van der Waals surface area (Å²) in [4.78, 5) is 34.0. The van der Waals surface area contributed by atoms with E-state index in [1.54, 1.807) is 0 Å². The zero-order valence-corrected chi connectivity index (χ0v) is 14.0. The first kappa shape index (κ1) is 15.1. The van der Waals surface area contributed by atoms with Gasteiger partial charge in [0.25, 0.3) is 5.78 Å². The van der Waals surface area contributed by atoms with E-state index in [4.69, 9.17) is 0 Å². The van der Waals surface area contributed by atoms with E-state index >= 15 is 0 Å². The van der Waals surface area contributed by atoms with E-state index in [0.717, 1.165) is 37.2 Å². The van der Waals surface area contributed by atoms with Crippen LogP contribution in [0.3, 0.4) is 0 Å². The molecule has 0 amide bonds. The maximum absolute atomic E-state index is 12.4. The Hall–Kier alpha value is -3.20. The number of benzene rings is 1. The van der Waals surface area contributed by atoms with Gasteiger partial charge in [-0.15, -0.1) is 5.10 Å². The van der Waals surface area contributed by atoms with Gasteiger partial charge >= 0.3 is 5.56 Å². The third kappa shape index (κ3) is 2.53. The molecule has 0 spiro atoms. The average Bonchev–Trinajstić information content (AvgIpc) is 3.31. The van der Waals surface area contributed by atoms with Gasteiger partial charge in [0.05, 0.1) is 0 Å². The van der Waals surface area contributed by atoms with Crippen LogP contribution in [-0.4, -0.2) is 61.5 Å². The van der Waals surface area contributed by atoms with Crippen LogP contribution in [0.1, 0.15) is 5.56 Å². The van der Waals surface area contributed by atoms with Gasteiger partial charge < -0.3 is 4.90 Å². The van der Waals surface area contributed by atoms with E-state index in [2.05, 4.69) is 59.1 Å². The van der Waals surface area contributed by atoms with Crippen LogP contribution in [0.4, 0.5) is 5.82 Å². The van der Waals surface area contributed by atoms with Crippen molar-refractivity contribution in [1.82, 2.24) is 29.4 Å². The monoisotopic (exact) mass is 348 g/mol. The molecule has 0 atom stereocenters. The summed E-state index contributed by atoms with van der Waals surface area (Å²) in [7, 11) is 0. The summed E-state index contributed by atoms with van der Waals surface area (Å²) in [6.45, 7) is 4.40. The maximum atomic E-state index is 12.4. The smallest absolute Gasteiger partial charge is 0.304 e. The summed E-state index contributed by atoms with van der Waals surface area (Å²) < 4.78 is 1.15. The molecule has 26 heavy (non-hydrogen) atoms. The lowest BCUT2D eigenvalue weighted by Crippen LogP contribution is -2.47. The van der Waals surface area contributed by atoms with Gasteiger partial charge in [-0.25, -0.2) is 4.99 Å². The van der Waals surface area contributed by atoms with Crippen LogP contribution in [0.25, 0.3) is 5.78 Å². The van der Waals surface area contributed by atoms with Crippen molar-refractivity contribution >= 4 is 17.6 Å². The molecule has 130 valence electrons. The maximum Gasteiger partial charge on any atom is 0.304 e. The van der Waals surface area contributed by atoms with Gasteiger partial charge in [-0.3, -0.25) is 9.69 Å². The number of nitrogens with zero attached hydrogens (tertiary/aromatic N) is 8. The third-order valence-corrected chi connectivity index (χ3v) is 4.66. The van der Waals surface area contributed by atoms with E-state index in [1.165, 1.54) is 11.9 Å². The minimum absolute atomic E-state index is 0.240. The Balaban J connectivity index is 1.32. The molecular formula is C17H16N8O. The van der Waals surface area contributed by atoms with Crippen molar-refractivity contribution in [3.05, 3.63) is 57.9 Å². The summed E-state index contributed by atoms with van der Waals surface area (Å²) in [5, 5.41) is 4.12. The molecule has 1 saturated heterocycles. The van der Waals surface area contributed by atoms with Crippen LogP contribution < -0.4 is 10.9 Å². The second kappa shape index (κ2) is 5.95. The molecule has 9 nitrogen and oxygen atoms in total. The third-order valence-electron chi connectivity index (χ3n) is 4.66. The second-order valence-corrected chi connectivity index (χ2v) is 6.33. The fourth-order valence-corrected chi connectivity index (χ4v) is 3.28. The van der Waals surface area contributed by atoms with Gasteiger partial charge in [0, 0.05) is 32.7 Å². The Morgan fingerprint density at radius 1 is 1.00 bits per heavy atom. The van der Waals surface area contributed by atoms with E-state index in [9.17, 15) is 4.79 Å². The van der Waals surface area contributed by atoms with Crippen LogP contribution in [0.5, 0.6) is 0 Å². The SMILES string of the molecule is O=c1c2c(nc3ncnn13)N=C(N1CCN(Cc3ccccc3)CC1)N=2. The molecule has 0 bridgehead atoms. The summed E-state index contributed by atoms with van der Waals surface area (Å²) in [5.41, 5.74) is 0.983. The minimum atomic E-state index is -0.330. The van der Waals surface area contributed by atoms with Gasteiger partial charge in [-0.2, -0.15) is 19.5 Å². The quantitative estimate of drug-likeness (QED) is 0.628. The fourth-order valence-electron chi connectivity index (χ4n) is 3.28. The van der Waals surface area contributed by atoms with E-state index in [-0.39, 0.29) is 16.7 Å². The van der Waals surface area contributed by atoms with Gasteiger partial charge in [0.15, 0.2) is 11.2 Å². The van der Waals surface area contributed by atoms with Crippen molar-refractivity contribution in [2.24, 2.45) is 9.98 Å². The van der Waals surface area contributed by atoms with Gasteiger partial charge in [0.2, 0.25) is 5.96 Å². The molecule has 2 aromatic heterocycles. The van der Waals surface area contributed by atoms with E-state index in [0.29, 0.717) is 11.8 Å². The molecule has 2 aliphatic rings. The number of guanidine groups is 1. The summed E-state index contributed by atoms with van der Waals surface area (Å²) in [6.07, 6.45) is 1.30. The summed E-state index contributed by atoms with van der Waals surface area (Å²) in [6, 6.07) is 10.4. The number of rotatable bonds is 2. The van der Waals surface area contributed by atoms with Crippen molar-refractivity contribution in [2.45, 2.75) is 6.54 Å². The Morgan fingerprint density at radius 2 is 1.81 bits per heavy atom. The van der Waals surface area contributed by atoms with Crippen LogP contribution in [0.2, 0.25) is 0 Å². The molecular weight excluding hydrogens is 332 g/mol. The van der Waals surface area contributed by atoms with E-state index in [1.807, 2.05) is 6.07 Å². The zero-order chi connectivity index (χ0) is 17.5. The average molecular weight is 348 g/mol. The Kier molecular flexibility index (Phi) is 3.45. The number of aliphatic imine (C=N–C) groups is 1. The molecule has 1 aromatic carbocycles. The molecule has 0 radical (unpaired) electrons. The van der Waals surface area contributed by atoms with E-state index < -0.39 is 0 Å². The van der Waals surface area contributed by atoms with Gasteiger partial charge in [0.1, 0.15) is 6.33 Å². The van der Waals surface area contributed by atoms with Crippen molar-refractivity contribution in [3.63, 3.8) is 0 Å². The minimum Gasteiger partial charge on any atom is -0.338 e. The molecule has 0 saturated carbocycles. The first-order chi connectivity index (χ1) is 12.8. The number of hydrogen-bond acceptors (Lipinski definition) is 8. The Labute approximate surface area is 148 Å². The summed E-state index contributed by atoms with van der Waals surface area (Å²) in [5.74, 6) is 1.14. The topological polar surface area (TPSA) is 91.3 Å².